The lowest BCUT2D eigenvalue weighted by molar-refractivity contribution is -0.385. The molecule has 0 fully saturated rings. The van der Waals surface area contributed by atoms with Gasteiger partial charge in [0.2, 0.25) is 0 Å². The largest absolute Gasteiger partial charge is 0.310 e. The molecule has 0 saturated carbocycles. The Labute approximate surface area is 115 Å². The van der Waals surface area contributed by atoms with E-state index in [0.717, 1.165) is 24.8 Å². The van der Waals surface area contributed by atoms with Crippen LogP contribution in [-0.2, 0) is 6.54 Å². The van der Waals surface area contributed by atoms with Crippen LogP contribution in [0.15, 0.2) is 24.3 Å². The van der Waals surface area contributed by atoms with Crippen LogP contribution in [0.2, 0.25) is 0 Å². The minimum Gasteiger partial charge on any atom is -0.310 e. The fraction of sp³-hybridized carbons (Fsp3) is 0.600. The van der Waals surface area contributed by atoms with Gasteiger partial charge in [-0.1, -0.05) is 51.3 Å². The fourth-order valence-electron chi connectivity index (χ4n) is 2.24. The predicted octanol–water partition coefficient (Wildman–Crippen LogP) is 4.04. The van der Waals surface area contributed by atoms with E-state index in [4.69, 9.17) is 0 Å². The summed E-state index contributed by atoms with van der Waals surface area (Å²) in [6, 6.07) is 7.42. The van der Waals surface area contributed by atoms with Crippen molar-refractivity contribution in [3.05, 3.63) is 39.9 Å². The number of benzene rings is 1. The normalized spacial score (nSPS) is 12.3. The molecule has 106 valence electrons. The van der Waals surface area contributed by atoms with Crippen LogP contribution in [0.3, 0.4) is 0 Å². The van der Waals surface area contributed by atoms with Crippen molar-refractivity contribution in [2.24, 2.45) is 0 Å². The summed E-state index contributed by atoms with van der Waals surface area (Å²) in [7, 11) is 0. The second kappa shape index (κ2) is 8.64. The molecule has 0 radical (unpaired) electrons. The third kappa shape index (κ3) is 5.39. The van der Waals surface area contributed by atoms with Gasteiger partial charge in [-0.3, -0.25) is 10.1 Å². The standard InChI is InChI=1S/C15H24N2O2/c1-3-5-10-14(8-4-2)16-12-13-9-6-7-11-15(13)17(18)19/h6-7,9,11,14,16H,3-5,8,10,12H2,1-2H3. The molecule has 4 nitrogen and oxygen atoms in total. The van der Waals surface area contributed by atoms with Crippen molar-refractivity contribution in [1.82, 2.24) is 5.32 Å². The van der Waals surface area contributed by atoms with Gasteiger partial charge in [0.25, 0.3) is 5.69 Å². The van der Waals surface area contributed by atoms with E-state index in [1.54, 1.807) is 12.1 Å². The zero-order valence-electron chi connectivity index (χ0n) is 11.9. The van der Waals surface area contributed by atoms with Crippen molar-refractivity contribution >= 4 is 5.69 Å². The van der Waals surface area contributed by atoms with E-state index in [1.165, 1.54) is 12.8 Å². The van der Waals surface area contributed by atoms with Gasteiger partial charge in [-0.05, 0) is 12.8 Å². The van der Waals surface area contributed by atoms with Gasteiger partial charge in [0.1, 0.15) is 0 Å². The molecule has 0 aliphatic rings. The summed E-state index contributed by atoms with van der Waals surface area (Å²) in [5.74, 6) is 0. The van der Waals surface area contributed by atoms with Crippen molar-refractivity contribution in [2.45, 2.75) is 58.5 Å². The number of hydrogen-bond donors (Lipinski definition) is 1. The van der Waals surface area contributed by atoms with Crippen LogP contribution in [0, 0.1) is 10.1 Å². The molecule has 0 aliphatic heterocycles. The topological polar surface area (TPSA) is 55.2 Å². The molecular formula is C15H24N2O2. The first-order chi connectivity index (χ1) is 9.19. The molecule has 0 aromatic heterocycles. The minimum absolute atomic E-state index is 0.209. The van der Waals surface area contributed by atoms with Crippen molar-refractivity contribution < 1.29 is 4.92 Å². The van der Waals surface area contributed by atoms with Gasteiger partial charge in [0.15, 0.2) is 0 Å². The number of para-hydroxylation sites is 1. The number of unbranched alkanes of at least 4 members (excludes halogenated alkanes) is 1. The van der Waals surface area contributed by atoms with Crippen LogP contribution in [0.25, 0.3) is 0 Å². The van der Waals surface area contributed by atoms with Gasteiger partial charge in [0, 0.05) is 24.2 Å². The van der Waals surface area contributed by atoms with Crippen LogP contribution in [0.5, 0.6) is 0 Å². The van der Waals surface area contributed by atoms with Gasteiger partial charge in [0.05, 0.1) is 4.92 Å². The summed E-state index contributed by atoms with van der Waals surface area (Å²) in [5, 5.41) is 14.4. The third-order valence-corrected chi connectivity index (χ3v) is 3.31. The van der Waals surface area contributed by atoms with E-state index in [-0.39, 0.29) is 10.6 Å². The molecule has 19 heavy (non-hydrogen) atoms. The lowest BCUT2D eigenvalue weighted by atomic mass is 10.0. The van der Waals surface area contributed by atoms with Gasteiger partial charge in [-0.15, -0.1) is 0 Å². The average Bonchev–Trinajstić information content (AvgIpc) is 2.42. The summed E-state index contributed by atoms with van der Waals surface area (Å²) in [5.41, 5.74) is 0.978. The Hall–Kier alpha value is -1.42. The van der Waals surface area contributed by atoms with E-state index in [9.17, 15) is 10.1 Å². The number of nitro groups is 1. The van der Waals surface area contributed by atoms with Crippen LogP contribution in [-0.4, -0.2) is 11.0 Å². The zero-order valence-corrected chi connectivity index (χ0v) is 11.9. The summed E-state index contributed by atoms with van der Waals surface area (Å²) >= 11 is 0. The first-order valence-electron chi connectivity index (χ1n) is 7.14. The number of hydrogen-bond acceptors (Lipinski definition) is 3. The maximum atomic E-state index is 10.9. The molecule has 0 heterocycles. The number of nitro benzene ring substituents is 1. The molecule has 0 saturated heterocycles. The van der Waals surface area contributed by atoms with Crippen LogP contribution < -0.4 is 5.32 Å². The highest BCUT2D eigenvalue weighted by Crippen LogP contribution is 2.18. The monoisotopic (exact) mass is 264 g/mol. The van der Waals surface area contributed by atoms with Gasteiger partial charge < -0.3 is 5.32 Å². The Bertz CT molecular complexity index is 393. The second-order valence-corrected chi connectivity index (χ2v) is 4.89. The first kappa shape index (κ1) is 15.6. The van der Waals surface area contributed by atoms with E-state index in [0.29, 0.717) is 12.6 Å². The predicted molar refractivity (Wildman–Crippen MR) is 78.2 cm³/mol. The Balaban J connectivity index is 2.60. The smallest absolute Gasteiger partial charge is 0.273 e. The molecule has 1 atom stereocenters. The lowest BCUT2D eigenvalue weighted by Crippen LogP contribution is -2.28. The van der Waals surface area contributed by atoms with Crippen molar-refractivity contribution in [2.75, 3.05) is 0 Å². The zero-order chi connectivity index (χ0) is 14.1. The van der Waals surface area contributed by atoms with E-state index < -0.39 is 0 Å². The van der Waals surface area contributed by atoms with Crippen LogP contribution in [0.4, 0.5) is 5.69 Å². The number of rotatable bonds is 9. The minimum atomic E-state index is -0.308. The quantitative estimate of drug-likeness (QED) is 0.541. The van der Waals surface area contributed by atoms with Gasteiger partial charge in [-0.25, -0.2) is 0 Å². The summed E-state index contributed by atoms with van der Waals surface area (Å²) in [4.78, 5) is 10.6. The maximum absolute atomic E-state index is 10.9. The number of nitrogens with zero attached hydrogens (tertiary/aromatic N) is 1. The van der Waals surface area contributed by atoms with Crippen LogP contribution >= 0.6 is 0 Å². The highest BCUT2D eigenvalue weighted by molar-refractivity contribution is 5.39. The van der Waals surface area contributed by atoms with Crippen molar-refractivity contribution in [3.63, 3.8) is 0 Å². The summed E-state index contributed by atoms with van der Waals surface area (Å²) < 4.78 is 0. The summed E-state index contributed by atoms with van der Waals surface area (Å²) in [6.07, 6.45) is 5.80. The molecule has 1 aromatic carbocycles. The number of nitrogens with one attached hydrogen (secondary N) is 1. The van der Waals surface area contributed by atoms with Gasteiger partial charge in [-0.2, -0.15) is 0 Å². The Morgan fingerprint density at radius 3 is 2.58 bits per heavy atom. The average molecular weight is 264 g/mol. The first-order valence-corrected chi connectivity index (χ1v) is 7.14. The maximum Gasteiger partial charge on any atom is 0.273 e. The lowest BCUT2D eigenvalue weighted by Gasteiger charge is -2.17. The van der Waals surface area contributed by atoms with E-state index in [2.05, 4.69) is 19.2 Å². The molecule has 1 unspecified atom stereocenters. The molecule has 0 bridgehead atoms. The molecule has 0 spiro atoms. The highest BCUT2D eigenvalue weighted by Gasteiger charge is 2.13. The van der Waals surface area contributed by atoms with Crippen molar-refractivity contribution in [1.29, 1.82) is 0 Å². The highest BCUT2D eigenvalue weighted by atomic mass is 16.6. The Morgan fingerprint density at radius 1 is 1.21 bits per heavy atom. The van der Waals surface area contributed by atoms with Crippen LogP contribution in [0.1, 0.15) is 51.5 Å². The second-order valence-electron chi connectivity index (χ2n) is 4.89. The molecule has 0 amide bonds. The molecular weight excluding hydrogens is 240 g/mol. The van der Waals surface area contributed by atoms with E-state index >= 15 is 0 Å². The molecule has 1 rings (SSSR count). The SMILES string of the molecule is CCCCC(CCC)NCc1ccccc1[N+](=O)[O-]. The Morgan fingerprint density at radius 2 is 1.95 bits per heavy atom. The Kier molecular flexibility index (Phi) is 7.11. The van der Waals surface area contributed by atoms with E-state index in [1.807, 2.05) is 12.1 Å². The third-order valence-electron chi connectivity index (χ3n) is 3.31. The molecule has 0 aliphatic carbocycles. The fourth-order valence-corrected chi connectivity index (χ4v) is 2.24. The molecule has 4 heteroatoms. The molecule has 1 N–H and O–H groups in total. The molecule has 1 aromatic rings. The summed E-state index contributed by atoms with van der Waals surface area (Å²) in [6.45, 7) is 4.93. The van der Waals surface area contributed by atoms with Gasteiger partial charge >= 0.3 is 0 Å². The van der Waals surface area contributed by atoms with Crippen molar-refractivity contribution in [3.8, 4) is 0 Å².